The number of amides is 1. The Bertz CT molecular complexity index is 365. The largest absolute Gasteiger partial charge is 0.359 e. The zero-order chi connectivity index (χ0) is 8.97. The number of nitrogens with two attached hydrogens (primary N) is 1. The van der Waals surface area contributed by atoms with E-state index in [4.69, 9.17) is 5.73 Å². The Kier molecular flexibility index (Phi) is 2.38. The molecule has 1 rings (SSSR count). The van der Waals surface area contributed by atoms with E-state index < -0.39 is 11.9 Å². The van der Waals surface area contributed by atoms with Crippen molar-refractivity contribution in [3.05, 3.63) is 29.8 Å². The highest BCUT2D eigenvalue weighted by Crippen LogP contribution is 1.99. The summed E-state index contributed by atoms with van der Waals surface area (Å²) in [5.41, 5.74) is 4.80. The summed E-state index contributed by atoms with van der Waals surface area (Å²) in [6, 6.07) is 2.94. The second-order valence-corrected chi connectivity index (χ2v) is 1.96. The highest BCUT2D eigenvalue weighted by atomic mass is 19.1. The molecule has 1 aromatic rings. The molecule has 0 saturated carbocycles. The fourth-order valence-corrected chi connectivity index (χ4v) is 0.608. The van der Waals surface area contributed by atoms with Crippen molar-refractivity contribution in [1.82, 2.24) is 4.98 Å². The van der Waals surface area contributed by atoms with Crippen LogP contribution in [0.25, 0.3) is 0 Å². The van der Waals surface area contributed by atoms with Crippen molar-refractivity contribution in [1.29, 1.82) is 0 Å². The lowest BCUT2D eigenvalue weighted by molar-refractivity contribution is -0.112. The van der Waals surface area contributed by atoms with Crippen LogP contribution in [0, 0.1) is 17.8 Å². The van der Waals surface area contributed by atoms with Gasteiger partial charge in [0.2, 0.25) is 5.95 Å². The molecule has 3 nitrogen and oxygen atoms in total. The van der Waals surface area contributed by atoms with Gasteiger partial charge >= 0.3 is 0 Å². The van der Waals surface area contributed by atoms with Gasteiger partial charge in [-0.05, 0) is 12.1 Å². The fourth-order valence-electron chi connectivity index (χ4n) is 0.608. The molecule has 0 aromatic carbocycles. The molecule has 0 aliphatic heterocycles. The van der Waals surface area contributed by atoms with Crippen LogP contribution in [0.3, 0.4) is 0 Å². The van der Waals surface area contributed by atoms with Gasteiger partial charge < -0.3 is 5.73 Å². The molecule has 0 unspecified atom stereocenters. The van der Waals surface area contributed by atoms with Crippen molar-refractivity contribution in [2.24, 2.45) is 5.73 Å². The molecule has 2 N–H and O–H groups in total. The second-order valence-electron chi connectivity index (χ2n) is 1.96. The number of carbonyl (C=O) groups is 1. The first-order valence-electron chi connectivity index (χ1n) is 3.12. The van der Waals surface area contributed by atoms with E-state index in [0.717, 1.165) is 0 Å². The Morgan fingerprint density at radius 1 is 1.67 bits per heavy atom. The molecule has 0 aliphatic rings. The molecule has 1 amide bonds. The molecule has 1 heterocycles. The van der Waals surface area contributed by atoms with Crippen molar-refractivity contribution in [3.63, 3.8) is 0 Å². The number of carbonyl (C=O) groups excluding carboxylic acids is 1. The summed E-state index contributed by atoms with van der Waals surface area (Å²) in [7, 11) is 0. The molecule has 0 bridgehead atoms. The zero-order valence-corrected chi connectivity index (χ0v) is 6.04. The molecule has 0 spiro atoms. The summed E-state index contributed by atoms with van der Waals surface area (Å²) in [4.78, 5) is 13.5. The average Bonchev–Trinajstić information content (AvgIpc) is 2.03. The van der Waals surface area contributed by atoms with Gasteiger partial charge in [-0.1, -0.05) is 5.92 Å². The first-order chi connectivity index (χ1) is 5.70. The lowest BCUT2D eigenvalue weighted by atomic mass is 10.3. The summed E-state index contributed by atoms with van der Waals surface area (Å²) < 4.78 is 12.7. The van der Waals surface area contributed by atoms with Crippen molar-refractivity contribution in [3.8, 4) is 11.8 Å². The number of rotatable bonds is 0. The van der Waals surface area contributed by atoms with Crippen molar-refractivity contribution >= 4 is 5.91 Å². The third-order valence-corrected chi connectivity index (χ3v) is 1.08. The maximum Gasteiger partial charge on any atom is 0.293 e. The van der Waals surface area contributed by atoms with Crippen molar-refractivity contribution < 1.29 is 9.18 Å². The van der Waals surface area contributed by atoms with E-state index in [2.05, 4.69) is 10.9 Å². The summed E-state index contributed by atoms with van der Waals surface area (Å²) in [5.74, 6) is 2.77. The first-order valence-corrected chi connectivity index (χ1v) is 3.12. The van der Waals surface area contributed by atoms with Crippen LogP contribution in [0.4, 0.5) is 4.39 Å². The second kappa shape index (κ2) is 3.49. The van der Waals surface area contributed by atoms with Gasteiger partial charge in [0, 0.05) is 12.1 Å². The van der Waals surface area contributed by atoms with Crippen LogP contribution < -0.4 is 5.73 Å². The number of pyridine rings is 1. The molecule has 12 heavy (non-hydrogen) atoms. The maximum atomic E-state index is 12.7. The summed E-state index contributed by atoms with van der Waals surface area (Å²) in [6.45, 7) is 0. The maximum absolute atomic E-state index is 12.7. The highest BCUT2D eigenvalue weighted by molar-refractivity contribution is 5.92. The molecule has 1 aromatic heterocycles. The molecule has 4 heteroatoms. The van der Waals surface area contributed by atoms with E-state index in [0.29, 0.717) is 0 Å². The van der Waals surface area contributed by atoms with E-state index in [-0.39, 0.29) is 5.56 Å². The van der Waals surface area contributed by atoms with Crippen LogP contribution in [-0.2, 0) is 4.79 Å². The molecule has 0 atom stereocenters. The Morgan fingerprint density at radius 3 is 3.00 bits per heavy atom. The Balaban J connectivity index is 2.99. The predicted octanol–water partition coefficient (Wildman–Crippen LogP) is 0.0575. The molecule has 0 saturated heterocycles. The zero-order valence-electron chi connectivity index (χ0n) is 6.04. The third kappa shape index (κ3) is 2.06. The molecular formula is C8H5FN2O. The lowest BCUT2D eigenvalue weighted by Crippen LogP contribution is -2.06. The monoisotopic (exact) mass is 164 g/mol. The standard InChI is InChI=1S/C8H5FN2O/c9-8-6(2-1-5-11-8)3-4-7(10)12/h1-2,5H,(H2,10,12). The van der Waals surface area contributed by atoms with E-state index in [1.54, 1.807) is 0 Å². The van der Waals surface area contributed by atoms with E-state index in [1.807, 2.05) is 5.92 Å². The molecule has 0 fully saturated rings. The van der Waals surface area contributed by atoms with E-state index >= 15 is 0 Å². The van der Waals surface area contributed by atoms with Gasteiger partial charge in [0.1, 0.15) is 0 Å². The summed E-state index contributed by atoms with van der Waals surface area (Å²) >= 11 is 0. The highest BCUT2D eigenvalue weighted by Gasteiger charge is 1.96. The Labute approximate surface area is 68.4 Å². The Morgan fingerprint density at radius 2 is 2.42 bits per heavy atom. The van der Waals surface area contributed by atoms with Crippen LogP contribution in [0.1, 0.15) is 5.56 Å². The van der Waals surface area contributed by atoms with E-state index in [9.17, 15) is 9.18 Å². The van der Waals surface area contributed by atoms with Gasteiger partial charge in [0.25, 0.3) is 5.91 Å². The number of hydrogen-bond acceptors (Lipinski definition) is 2. The normalized spacial score (nSPS) is 8.42. The van der Waals surface area contributed by atoms with Crippen LogP contribution >= 0.6 is 0 Å². The fraction of sp³-hybridized carbons (Fsp3) is 0. The minimum atomic E-state index is -0.793. The van der Waals surface area contributed by atoms with Crippen LogP contribution in [0.5, 0.6) is 0 Å². The first kappa shape index (κ1) is 8.21. The number of aromatic nitrogens is 1. The molecular weight excluding hydrogens is 159 g/mol. The van der Waals surface area contributed by atoms with Crippen LogP contribution in [-0.4, -0.2) is 10.9 Å². The van der Waals surface area contributed by atoms with Crippen LogP contribution in [0.2, 0.25) is 0 Å². The molecule has 0 radical (unpaired) electrons. The van der Waals surface area contributed by atoms with E-state index in [1.165, 1.54) is 18.3 Å². The average molecular weight is 164 g/mol. The smallest absolute Gasteiger partial charge is 0.293 e. The quantitative estimate of drug-likeness (QED) is 0.435. The number of hydrogen-bond donors (Lipinski definition) is 1. The third-order valence-electron chi connectivity index (χ3n) is 1.08. The SMILES string of the molecule is NC(=O)C#Cc1cccnc1F. The number of halogens is 1. The summed E-state index contributed by atoms with van der Waals surface area (Å²) in [5, 5.41) is 0. The lowest BCUT2D eigenvalue weighted by Gasteiger charge is -1.88. The molecule has 0 aliphatic carbocycles. The van der Waals surface area contributed by atoms with Gasteiger partial charge in [-0.2, -0.15) is 4.39 Å². The topological polar surface area (TPSA) is 56.0 Å². The van der Waals surface area contributed by atoms with Crippen LogP contribution in [0.15, 0.2) is 18.3 Å². The van der Waals surface area contributed by atoms with Gasteiger partial charge in [0.05, 0.1) is 5.56 Å². The summed E-state index contributed by atoms with van der Waals surface area (Å²) in [6.07, 6.45) is 1.30. The minimum Gasteiger partial charge on any atom is -0.359 e. The van der Waals surface area contributed by atoms with Gasteiger partial charge in [-0.25, -0.2) is 4.98 Å². The van der Waals surface area contributed by atoms with Gasteiger partial charge in [-0.15, -0.1) is 0 Å². The predicted molar refractivity (Wildman–Crippen MR) is 40.3 cm³/mol. The Hall–Kier alpha value is -1.89. The van der Waals surface area contributed by atoms with Gasteiger partial charge in [-0.3, -0.25) is 4.79 Å². The molecule has 60 valence electrons. The van der Waals surface area contributed by atoms with Crippen molar-refractivity contribution in [2.75, 3.05) is 0 Å². The van der Waals surface area contributed by atoms with Gasteiger partial charge in [0.15, 0.2) is 0 Å². The number of nitrogens with zero attached hydrogens (tertiary/aromatic N) is 1. The number of primary amides is 1. The minimum absolute atomic E-state index is 0.0660. The van der Waals surface area contributed by atoms with Crippen molar-refractivity contribution in [2.45, 2.75) is 0 Å².